The number of aromatic nitrogens is 1. The summed E-state index contributed by atoms with van der Waals surface area (Å²) >= 11 is 0.825. The van der Waals surface area contributed by atoms with Gasteiger partial charge >= 0.3 is 0 Å². The highest BCUT2D eigenvalue weighted by atomic mass is 32.2. The maximum Gasteiger partial charge on any atom is 0.226 e. The zero-order valence-corrected chi connectivity index (χ0v) is 18.0. The monoisotopic (exact) mass is 436 g/mol. The lowest BCUT2D eigenvalue weighted by atomic mass is 10.1. The van der Waals surface area contributed by atoms with Crippen molar-refractivity contribution in [1.29, 1.82) is 0 Å². The van der Waals surface area contributed by atoms with Gasteiger partial charge in [0.1, 0.15) is 5.00 Å². The number of thiazole rings is 1. The Morgan fingerprint density at radius 3 is 2.14 bits per heavy atom. The highest BCUT2D eigenvalue weighted by Crippen LogP contribution is 2.36. The van der Waals surface area contributed by atoms with Crippen LogP contribution in [0, 0.1) is 6.92 Å². The minimum atomic E-state index is -3.98. The molecule has 3 rings (SSSR count). The van der Waals surface area contributed by atoms with Crippen LogP contribution in [0.3, 0.4) is 0 Å². The largest absolute Gasteiger partial charge is 0.368 e. The number of hydrogen-bond acceptors (Lipinski definition) is 7. The second-order valence-corrected chi connectivity index (χ2v) is 11.5. The molecule has 0 bridgehead atoms. The number of aryl methyl sites for hydroxylation is 1. The molecule has 0 unspecified atom stereocenters. The summed E-state index contributed by atoms with van der Waals surface area (Å²) in [5.41, 5.74) is 1.86. The Bertz CT molecular complexity index is 1180. The molecule has 6 nitrogen and oxygen atoms in total. The van der Waals surface area contributed by atoms with Gasteiger partial charge in [0.15, 0.2) is 5.03 Å². The molecule has 1 heterocycles. The molecule has 3 aromatic rings. The minimum Gasteiger partial charge on any atom is -0.368 e. The number of hydrogen-bond donors (Lipinski definition) is 1. The number of nitrogens with zero attached hydrogens (tertiary/aromatic N) is 1. The number of sulfone groups is 2. The van der Waals surface area contributed by atoms with E-state index in [1.54, 1.807) is 12.1 Å². The van der Waals surface area contributed by atoms with Crippen molar-refractivity contribution in [2.75, 3.05) is 11.6 Å². The number of anilines is 1. The summed E-state index contributed by atoms with van der Waals surface area (Å²) in [4.78, 5) is 4.05. The maximum absolute atomic E-state index is 13.1. The molecule has 0 aliphatic rings. The summed E-state index contributed by atoms with van der Waals surface area (Å²) in [5, 5.41) is 3.05. The first kappa shape index (κ1) is 20.5. The van der Waals surface area contributed by atoms with Crippen LogP contribution in [0.2, 0.25) is 0 Å². The van der Waals surface area contributed by atoms with Gasteiger partial charge in [-0.05, 0) is 31.5 Å². The van der Waals surface area contributed by atoms with Crippen LogP contribution in [0.1, 0.15) is 24.1 Å². The van der Waals surface area contributed by atoms with Crippen LogP contribution in [0.5, 0.6) is 0 Å². The SMILES string of the molecule is Cc1ccc(S(=O)(=O)c2nc(S(C)(=O)=O)sc2N[C@@H](C)c2ccccc2)cc1. The van der Waals surface area contributed by atoms with Crippen molar-refractivity contribution in [3.05, 3.63) is 65.7 Å². The first-order chi connectivity index (χ1) is 13.1. The van der Waals surface area contributed by atoms with E-state index in [9.17, 15) is 16.8 Å². The fourth-order valence-corrected chi connectivity index (χ4v) is 6.16. The second kappa shape index (κ2) is 7.65. The molecule has 9 heteroatoms. The van der Waals surface area contributed by atoms with Crippen molar-refractivity contribution in [3.8, 4) is 0 Å². The third kappa shape index (κ3) is 4.26. The Balaban J connectivity index is 2.09. The number of rotatable bonds is 6. The van der Waals surface area contributed by atoms with Crippen molar-refractivity contribution in [3.63, 3.8) is 0 Å². The lowest BCUT2D eigenvalue weighted by molar-refractivity contribution is 0.591. The van der Waals surface area contributed by atoms with E-state index in [2.05, 4.69) is 10.3 Å². The Morgan fingerprint density at radius 1 is 0.964 bits per heavy atom. The molecular weight excluding hydrogens is 416 g/mol. The summed E-state index contributed by atoms with van der Waals surface area (Å²) in [6.07, 6.45) is 1.01. The van der Waals surface area contributed by atoms with E-state index >= 15 is 0 Å². The van der Waals surface area contributed by atoms with E-state index < -0.39 is 19.7 Å². The van der Waals surface area contributed by atoms with Crippen molar-refractivity contribution < 1.29 is 16.8 Å². The van der Waals surface area contributed by atoms with Crippen LogP contribution < -0.4 is 5.32 Å². The van der Waals surface area contributed by atoms with Crippen LogP contribution in [0.15, 0.2) is 68.9 Å². The third-order valence-electron chi connectivity index (χ3n) is 4.13. The molecule has 0 amide bonds. The first-order valence-corrected chi connectivity index (χ1v) is 12.6. The smallest absolute Gasteiger partial charge is 0.226 e. The van der Waals surface area contributed by atoms with E-state index in [0.29, 0.717) is 0 Å². The van der Waals surface area contributed by atoms with Gasteiger partial charge in [0.25, 0.3) is 0 Å². The maximum atomic E-state index is 13.1. The van der Waals surface area contributed by atoms with Crippen LogP contribution in [0.4, 0.5) is 5.00 Å². The molecule has 2 aromatic carbocycles. The predicted molar refractivity (Wildman–Crippen MR) is 110 cm³/mol. The lowest BCUT2D eigenvalue weighted by Crippen LogP contribution is -2.10. The van der Waals surface area contributed by atoms with Gasteiger partial charge in [-0.3, -0.25) is 0 Å². The quantitative estimate of drug-likeness (QED) is 0.631. The zero-order chi connectivity index (χ0) is 20.5. The summed E-state index contributed by atoms with van der Waals surface area (Å²) in [6.45, 7) is 3.73. The Hall–Kier alpha value is -2.23. The lowest BCUT2D eigenvalue weighted by Gasteiger charge is -2.15. The van der Waals surface area contributed by atoms with Crippen molar-refractivity contribution in [2.45, 2.75) is 34.2 Å². The van der Waals surface area contributed by atoms with Crippen LogP contribution in [-0.4, -0.2) is 28.1 Å². The first-order valence-electron chi connectivity index (χ1n) is 8.43. The number of nitrogens with one attached hydrogen (secondary N) is 1. The van der Waals surface area contributed by atoms with Gasteiger partial charge in [0.05, 0.1) is 4.90 Å². The highest BCUT2D eigenvalue weighted by Gasteiger charge is 2.29. The van der Waals surface area contributed by atoms with E-state index in [1.807, 2.05) is 44.2 Å². The van der Waals surface area contributed by atoms with E-state index in [1.165, 1.54) is 12.1 Å². The van der Waals surface area contributed by atoms with Crippen LogP contribution in [-0.2, 0) is 19.7 Å². The van der Waals surface area contributed by atoms with Gasteiger partial charge in [0, 0.05) is 12.3 Å². The fraction of sp³-hybridized carbons (Fsp3) is 0.211. The molecule has 1 aromatic heterocycles. The molecule has 0 radical (unpaired) electrons. The second-order valence-electron chi connectivity index (χ2n) is 6.48. The third-order valence-corrected chi connectivity index (χ3v) is 8.62. The predicted octanol–water partition coefficient (Wildman–Crippen LogP) is 3.86. The molecular formula is C19H20N2O4S3. The molecule has 0 saturated heterocycles. The molecule has 148 valence electrons. The van der Waals surface area contributed by atoms with Crippen molar-refractivity contribution in [2.24, 2.45) is 0 Å². The molecule has 0 aliphatic heterocycles. The van der Waals surface area contributed by atoms with Gasteiger partial charge in [0.2, 0.25) is 24.0 Å². The van der Waals surface area contributed by atoms with Gasteiger partial charge in [-0.15, -0.1) is 0 Å². The van der Waals surface area contributed by atoms with E-state index in [-0.39, 0.29) is 25.3 Å². The van der Waals surface area contributed by atoms with Crippen molar-refractivity contribution >= 4 is 36.0 Å². The molecule has 1 N–H and O–H groups in total. The van der Waals surface area contributed by atoms with Gasteiger partial charge in [-0.25, -0.2) is 21.8 Å². The van der Waals surface area contributed by atoms with E-state index in [4.69, 9.17) is 0 Å². The highest BCUT2D eigenvalue weighted by molar-refractivity contribution is 7.93. The fourth-order valence-electron chi connectivity index (χ4n) is 2.57. The standard InChI is InChI=1S/C19H20N2O4S3/c1-13-9-11-16(12-10-13)28(24,25)18-17(26-19(21-18)27(3,22)23)20-14(2)15-7-5-4-6-8-15/h4-12,14,20H,1-3H3/t14-/m0/s1. The molecule has 1 atom stereocenters. The van der Waals surface area contributed by atoms with Gasteiger partial charge in [-0.2, -0.15) is 0 Å². The Labute approximate surface area is 169 Å². The summed E-state index contributed by atoms with van der Waals surface area (Å²) in [7, 11) is -7.63. The Morgan fingerprint density at radius 2 is 1.57 bits per heavy atom. The van der Waals surface area contributed by atoms with Crippen LogP contribution >= 0.6 is 11.3 Å². The summed E-state index contributed by atoms with van der Waals surface area (Å²) in [5.74, 6) is 0. The number of benzene rings is 2. The Kier molecular flexibility index (Phi) is 5.60. The molecule has 0 spiro atoms. The zero-order valence-electron chi connectivity index (χ0n) is 15.6. The molecule has 0 fully saturated rings. The molecule has 0 saturated carbocycles. The average molecular weight is 437 g/mol. The summed E-state index contributed by atoms with van der Waals surface area (Å²) < 4.78 is 50.0. The van der Waals surface area contributed by atoms with Gasteiger partial charge < -0.3 is 5.32 Å². The van der Waals surface area contributed by atoms with Crippen molar-refractivity contribution in [1.82, 2.24) is 4.98 Å². The van der Waals surface area contributed by atoms with Crippen LogP contribution in [0.25, 0.3) is 0 Å². The topological polar surface area (TPSA) is 93.2 Å². The van der Waals surface area contributed by atoms with Gasteiger partial charge in [-0.1, -0.05) is 59.4 Å². The van der Waals surface area contributed by atoms with E-state index in [0.717, 1.165) is 28.7 Å². The minimum absolute atomic E-state index is 0.0684. The summed E-state index contributed by atoms with van der Waals surface area (Å²) in [6, 6.07) is 15.6. The molecule has 0 aliphatic carbocycles. The average Bonchev–Trinajstić information content (AvgIpc) is 3.08. The molecule has 28 heavy (non-hydrogen) atoms. The normalized spacial score (nSPS) is 13.2.